The molecule has 3 rings (SSSR count). The zero-order chi connectivity index (χ0) is 18.5. The normalized spacial score (nSPS) is 16.5. The van der Waals surface area contributed by atoms with Gasteiger partial charge in [-0.2, -0.15) is 0 Å². The fourth-order valence-corrected chi connectivity index (χ4v) is 3.17. The number of nitrogens with zero attached hydrogens (tertiary/aromatic N) is 2. The van der Waals surface area contributed by atoms with Crippen molar-refractivity contribution < 1.29 is 14.3 Å². The molecule has 0 radical (unpaired) electrons. The summed E-state index contributed by atoms with van der Waals surface area (Å²) in [7, 11) is 0. The predicted molar refractivity (Wildman–Crippen MR) is 103 cm³/mol. The molecule has 1 amide bonds. The molecule has 2 aromatic rings. The largest absolute Gasteiger partial charge is 0.472 e. The van der Waals surface area contributed by atoms with E-state index in [1.165, 1.54) is 0 Å². The van der Waals surface area contributed by atoms with E-state index in [2.05, 4.69) is 20.9 Å². The van der Waals surface area contributed by atoms with E-state index in [4.69, 9.17) is 16.3 Å². The van der Waals surface area contributed by atoms with E-state index >= 15 is 0 Å². The van der Waals surface area contributed by atoms with Crippen LogP contribution >= 0.6 is 27.5 Å². The molecule has 1 aliphatic heterocycles. The lowest BCUT2D eigenvalue weighted by Crippen LogP contribution is -2.31. The molecular weight excluding hydrogens is 420 g/mol. The second-order valence-electron chi connectivity index (χ2n) is 6.11. The standard InChI is InChI=1S/C19H18BrClN2O3/c20-14-3-7-18(22-11-14)26-16-9-10-23(12-16)19(25)8-6-17(24)13-1-4-15(21)5-2-13/h1-5,7,11,16H,6,8-10,12H2. The minimum absolute atomic E-state index is 0.0258. The number of halogens is 2. The molecular formula is C19H18BrClN2O3. The van der Waals surface area contributed by atoms with Gasteiger partial charge >= 0.3 is 0 Å². The lowest BCUT2D eigenvalue weighted by Gasteiger charge is -2.17. The maximum atomic E-state index is 12.4. The maximum Gasteiger partial charge on any atom is 0.223 e. The second kappa shape index (κ2) is 8.64. The first-order valence-corrected chi connectivity index (χ1v) is 9.53. The van der Waals surface area contributed by atoms with Gasteiger partial charge in [0.15, 0.2) is 5.78 Å². The molecule has 1 aromatic heterocycles. The van der Waals surface area contributed by atoms with Gasteiger partial charge in [0, 0.05) is 53.1 Å². The van der Waals surface area contributed by atoms with Crippen LogP contribution < -0.4 is 4.74 Å². The van der Waals surface area contributed by atoms with Crippen molar-refractivity contribution in [3.63, 3.8) is 0 Å². The number of hydrogen-bond acceptors (Lipinski definition) is 4. The van der Waals surface area contributed by atoms with E-state index in [-0.39, 0.29) is 30.6 Å². The van der Waals surface area contributed by atoms with Crippen molar-refractivity contribution in [1.82, 2.24) is 9.88 Å². The second-order valence-corrected chi connectivity index (χ2v) is 7.47. The molecule has 1 atom stereocenters. The Labute approximate surface area is 165 Å². The summed E-state index contributed by atoms with van der Waals surface area (Å²) in [5, 5.41) is 0.584. The lowest BCUT2D eigenvalue weighted by atomic mass is 10.1. The number of Topliss-reactive ketones (excluding diaryl/α,β-unsaturated/α-hetero) is 1. The smallest absolute Gasteiger partial charge is 0.223 e. The highest BCUT2D eigenvalue weighted by atomic mass is 79.9. The number of hydrogen-bond donors (Lipinski definition) is 0. The highest BCUT2D eigenvalue weighted by Crippen LogP contribution is 2.19. The van der Waals surface area contributed by atoms with Gasteiger partial charge in [-0.3, -0.25) is 9.59 Å². The predicted octanol–water partition coefficient (Wildman–Crippen LogP) is 4.14. The molecule has 26 heavy (non-hydrogen) atoms. The van der Waals surface area contributed by atoms with Crippen LogP contribution in [0.3, 0.4) is 0 Å². The first kappa shape index (κ1) is 18.9. The Morgan fingerprint density at radius 3 is 2.65 bits per heavy atom. The van der Waals surface area contributed by atoms with Crippen LogP contribution in [0.25, 0.3) is 0 Å². The highest BCUT2D eigenvalue weighted by Gasteiger charge is 2.28. The zero-order valence-corrected chi connectivity index (χ0v) is 16.4. The first-order chi connectivity index (χ1) is 12.5. The molecule has 136 valence electrons. The SMILES string of the molecule is O=C(CCC(=O)N1CCC(Oc2ccc(Br)cn2)C1)c1ccc(Cl)cc1. The number of pyridine rings is 1. The number of rotatable bonds is 6. The molecule has 5 nitrogen and oxygen atoms in total. The number of ether oxygens (including phenoxy) is 1. The van der Waals surface area contributed by atoms with Gasteiger partial charge in [-0.1, -0.05) is 11.6 Å². The Balaban J connectivity index is 1.46. The van der Waals surface area contributed by atoms with Crippen molar-refractivity contribution in [3.8, 4) is 5.88 Å². The van der Waals surface area contributed by atoms with Gasteiger partial charge in [-0.25, -0.2) is 4.98 Å². The third-order valence-corrected chi connectivity index (χ3v) is 4.94. The monoisotopic (exact) mass is 436 g/mol. The molecule has 0 N–H and O–H groups in total. The van der Waals surface area contributed by atoms with Crippen LogP contribution in [0.5, 0.6) is 5.88 Å². The van der Waals surface area contributed by atoms with E-state index < -0.39 is 0 Å². The van der Waals surface area contributed by atoms with Crippen molar-refractivity contribution in [1.29, 1.82) is 0 Å². The minimum atomic E-state index is -0.0698. The van der Waals surface area contributed by atoms with Gasteiger partial charge in [0.1, 0.15) is 6.10 Å². The van der Waals surface area contributed by atoms with Crippen molar-refractivity contribution in [2.24, 2.45) is 0 Å². The van der Waals surface area contributed by atoms with Crippen LogP contribution in [-0.4, -0.2) is 40.8 Å². The molecule has 1 aliphatic rings. The molecule has 0 bridgehead atoms. The fourth-order valence-electron chi connectivity index (χ4n) is 2.81. The average molecular weight is 438 g/mol. The minimum Gasteiger partial charge on any atom is -0.472 e. The van der Waals surface area contributed by atoms with Gasteiger partial charge in [0.2, 0.25) is 11.8 Å². The average Bonchev–Trinajstić information content (AvgIpc) is 3.10. The molecule has 0 spiro atoms. The third-order valence-electron chi connectivity index (χ3n) is 4.22. The van der Waals surface area contributed by atoms with Gasteiger partial charge in [-0.05, 0) is 46.3 Å². The quantitative estimate of drug-likeness (QED) is 0.637. The van der Waals surface area contributed by atoms with Crippen molar-refractivity contribution in [2.45, 2.75) is 25.4 Å². The number of aromatic nitrogens is 1. The molecule has 1 unspecified atom stereocenters. The lowest BCUT2D eigenvalue weighted by molar-refractivity contribution is -0.130. The Bertz CT molecular complexity index is 780. The van der Waals surface area contributed by atoms with Crippen LogP contribution in [0.2, 0.25) is 5.02 Å². The molecule has 1 fully saturated rings. The topological polar surface area (TPSA) is 59.5 Å². The molecule has 0 saturated carbocycles. The summed E-state index contributed by atoms with van der Waals surface area (Å²) >= 11 is 9.15. The Hall–Kier alpha value is -1.92. The Morgan fingerprint density at radius 2 is 1.96 bits per heavy atom. The number of benzene rings is 1. The number of amides is 1. The van der Waals surface area contributed by atoms with Crippen LogP contribution in [0.1, 0.15) is 29.6 Å². The third kappa shape index (κ3) is 5.05. The van der Waals surface area contributed by atoms with E-state index in [0.29, 0.717) is 29.6 Å². The van der Waals surface area contributed by atoms with Gasteiger partial charge in [0.05, 0.1) is 6.54 Å². The number of likely N-dealkylation sites (tertiary alicyclic amines) is 1. The van der Waals surface area contributed by atoms with Crippen LogP contribution in [0.4, 0.5) is 0 Å². The van der Waals surface area contributed by atoms with Gasteiger partial charge in [0.25, 0.3) is 0 Å². The first-order valence-electron chi connectivity index (χ1n) is 8.36. The summed E-state index contributed by atoms with van der Waals surface area (Å²) in [6.07, 6.45) is 2.76. The van der Waals surface area contributed by atoms with Crippen molar-refractivity contribution >= 4 is 39.2 Å². The molecule has 7 heteroatoms. The van der Waals surface area contributed by atoms with Crippen LogP contribution in [0.15, 0.2) is 47.1 Å². The maximum absolute atomic E-state index is 12.4. The summed E-state index contributed by atoms with van der Waals surface area (Å²) in [5.74, 6) is 0.466. The molecule has 1 aromatic carbocycles. The van der Waals surface area contributed by atoms with E-state index in [1.54, 1.807) is 41.4 Å². The number of ketones is 1. The van der Waals surface area contributed by atoms with Gasteiger partial charge in [-0.15, -0.1) is 0 Å². The summed E-state index contributed by atoms with van der Waals surface area (Å²) in [6, 6.07) is 10.4. The Morgan fingerprint density at radius 1 is 1.19 bits per heavy atom. The molecule has 2 heterocycles. The Kier molecular flexibility index (Phi) is 6.27. The van der Waals surface area contributed by atoms with E-state index in [9.17, 15) is 9.59 Å². The van der Waals surface area contributed by atoms with Crippen molar-refractivity contribution in [3.05, 3.63) is 57.7 Å². The molecule has 1 saturated heterocycles. The van der Waals surface area contributed by atoms with Crippen LogP contribution in [0, 0.1) is 0 Å². The fraction of sp³-hybridized carbons (Fsp3) is 0.316. The highest BCUT2D eigenvalue weighted by molar-refractivity contribution is 9.10. The summed E-state index contributed by atoms with van der Waals surface area (Å²) in [6.45, 7) is 1.15. The summed E-state index contributed by atoms with van der Waals surface area (Å²) in [5.41, 5.74) is 0.575. The number of carbonyl (C=O) groups excluding carboxylic acids is 2. The molecule has 0 aliphatic carbocycles. The zero-order valence-electron chi connectivity index (χ0n) is 14.0. The van der Waals surface area contributed by atoms with Crippen LogP contribution in [-0.2, 0) is 4.79 Å². The summed E-state index contributed by atoms with van der Waals surface area (Å²) in [4.78, 5) is 30.4. The van der Waals surface area contributed by atoms with E-state index in [0.717, 1.165) is 10.9 Å². The number of carbonyl (C=O) groups is 2. The van der Waals surface area contributed by atoms with E-state index in [1.807, 2.05) is 6.07 Å². The van der Waals surface area contributed by atoms with Gasteiger partial charge < -0.3 is 9.64 Å². The van der Waals surface area contributed by atoms with Crippen molar-refractivity contribution in [2.75, 3.05) is 13.1 Å². The summed E-state index contributed by atoms with van der Waals surface area (Å²) < 4.78 is 6.70.